The van der Waals surface area contributed by atoms with Gasteiger partial charge in [-0.2, -0.15) is 4.31 Å². The first-order valence-corrected chi connectivity index (χ1v) is 11.3. The van der Waals surface area contributed by atoms with Crippen LogP contribution in [0.5, 0.6) is 0 Å². The summed E-state index contributed by atoms with van der Waals surface area (Å²) in [7, 11) is -3.50. The normalized spacial score (nSPS) is 18.6. The lowest BCUT2D eigenvalue weighted by Gasteiger charge is -2.25. The molecule has 2 fully saturated rings. The SMILES string of the molecule is Cc1noc(/C=C/c2ccc(S(=O)(=O)N3CCOCC3)s2)c1NC(=O)C1CC1. The van der Waals surface area contributed by atoms with Crippen LogP contribution in [0.4, 0.5) is 5.69 Å². The third-order valence-electron chi connectivity index (χ3n) is 4.65. The molecule has 1 saturated carbocycles. The minimum Gasteiger partial charge on any atom is -0.379 e. The highest BCUT2D eigenvalue weighted by molar-refractivity contribution is 7.91. The maximum atomic E-state index is 12.7. The third-order valence-corrected chi connectivity index (χ3v) is 8.07. The Bertz CT molecular complexity index is 998. The molecule has 0 spiro atoms. The molecule has 2 aliphatic rings. The number of rotatable bonds is 6. The van der Waals surface area contributed by atoms with Crippen LogP contribution in [0.15, 0.2) is 20.9 Å². The summed E-state index contributed by atoms with van der Waals surface area (Å²) in [5.74, 6) is 0.504. The Balaban J connectivity index is 1.49. The minimum absolute atomic E-state index is 0.0176. The highest BCUT2D eigenvalue weighted by atomic mass is 32.2. The molecule has 10 heteroatoms. The molecule has 0 bridgehead atoms. The van der Waals surface area contributed by atoms with Gasteiger partial charge in [0.05, 0.1) is 13.2 Å². The van der Waals surface area contributed by atoms with Crippen LogP contribution in [0.3, 0.4) is 0 Å². The van der Waals surface area contributed by atoms with Gasteiger partial charge in [0.15, 0.2) is 5.76 Å². The smallest absolute Gasteiger partial charge is 0.252 e. The van der Waals surface area contributed by atoms with E-state index in [1.807, 2.05) is 0 Å². The van der Waals surface area contributed by atoms with Gasteiger partial charge in [0.25, 0.3) is 10.0 Å². The Kier molecular flexibility index (Phi) is 5.37. The molecule has 1 saturated heterocycles. The standard InChI is InChI=1S/C18H21N3O5S2/c1-12-17(19-18(22)13-2-3-13)15(26-20-12)6-4-14-5-7-16(27-14)28(23,24)21-8-10-25-11-9-21/h4-7,13H,2-3,8-11H2,1H3,(H,19,22)/b6-4+. The summed E-state index contributed by atoms with van der Waals surface area (Å²) >= 11 is 1.19. The van der Waals surface area contributed by atoms with Crippen molar-refractivity contribution in [3.05, 3.63) is 28.5 Å². The van der Waals surface area contributed by atoms with Gasteiger partial charge in [0.2, 0.25) is 5.91 Å². The number of hydrogen-bond acceptors (Lipinski definition) is 7. The Hall–Kier alpha value is -2.01. The number of aryl methyl sites for hydroxylation is 1. The predicted octanol–water partition coefficient (Wildman–Crippen LogP) is 2.58. The van der Waals surface area contributed by atoms with E-state index in [0.717, 1.165) is 17.7 Å². The minimum atomic E-state index is -3.50. The van der Waals surface area contributed by atoms with Crippen LogP contribution >= 0.6 is 11.3 Å². The Morgan fingerprint density at radius 2 is 2.04 bits per heavy atom. The number of sulfonamides is 1. The van der Waals surface area contributed by atoms with Crippen molar-refractivity contribution in [2.75, 3.05) is 31.6 Å². The van der Waals surface area contributed by atoms with Crippen LogP contribution in [-0.4, -0.2) is 50.1 Å². The van der Waals surface area contributed by atoms with Crippen LogP contribution in [0.2, 0.25) is 0 Å². The molecule has 2 aromatic rings. The van der Waals surface area contributed by atoms with Gasteiger partial charge in [-0.3, -0.25) is 4.79 Å². The zero-order valence-electron chi connectivity index (χ0n) is 15.4. The zero-order chi connectivity index (χ0) is 19.7. The van der Waals surface area contributed by atoms with E-state index in [1.165, 1.54) is 15.6 Å². The molecule has 0 aromatic carbocycles. The topological polar surface area (TPSA) is 102 Å². The second kappa shape index (κ2) is 7.78. The number of anilines is 1. The quantitative estimate of drug-likeness (QED) is 0.766. The zero-order valence-corrected chi connectivity index (χ0v) is 17.0. The van der Waals surface area contributed by atoms with E-state index in [-0.39, 0.29) is 11.8 Å². The summed E-state index contributed by atoms with van der Waals surface area (Å²) in [6, 6.07) is 3.36. The fourth-order valence-corrected chi connectivity index (χ4v) is 5.65. The molecule has 1 aliphatic heterocycles. The van der Waals surface area contributed by atoms with E-state index in [4.69, 9.17) is 9.26 Å². The van der Waals surface area contributed by atoms with Crippen LogP contribution < -0.4 is 5.32 Å². The molecule has 1 amide bonds. The van der Waals surface area contributed by atoms with Crippen LogP contribution in [0.1, 0.15) is 29.2 Å². The monoisotopic (exact) mass is 423 g/mol. The van der Waals surface area contributed by atoms with Crippen LogP contribution in [0.25, 0.3) is 12.2 Å². The van der Waals surface area contributed by atoms with Gasteiger partial charge in [-0.05, 0) is 44.1 Å². The lowest BCUT2D eigenvalue weighted by atomic mass is 10.2. The fourth-order valence-electron chi connectivity index (χ4n) is 2.86. The lowest BCUT2D eigenvalue weighted by molar-refractivity contribution is -0.117. The van der Waals surface area contributed by atoms with Gasteiger partial charge in [-0.25, -0.2) is 8.42 Å². The second-order valence-corrected chi connectivity index (χ2v) is 10.1. The van der Waals surface area contributed by atoms with Crippen LogP contribution in [0, 0.1) is 12.8 Å². The van der Waals surface area contributed by atoms with Gasteiger partial charge in [0.1, 0.15) is 15.6 Å². The Morgan fingerprint density at radius 3 is 2.75 bits per heavy atom. The molecule has 4 rings (SSSR count). The first kappa shape index (κ1) is 19.3. The maximum absolute atomic E-state index is 12.7. The lowest BCUT2D eigenvalue weighted by Crippen LogP contribution is -2.40. The van der Waals surface area contributed by atoms with Crippen molar-refractivity contribution in [1.82, 2.24) is 9.46 Å². The summed E-state index contributed by atoms with van der Waals surface area (Å²) < 4.78 is 37.7. The van der Waals surface area contributed by atoms with Crippen LogP contribution in [-0.2, 0) is 19.6 Å². The average molecular weight is 424 g/mol. The molecule has 2 aromatic heterocycles. The summed E-state index contributed by atoms with van der Waals surface area (Å²) in [6.45, 7) is 3.33. The molecule has 1 N–H and O–H groups in total. The molecule has 3 heterocycles. The molecule has 0 unspecified atom stereocenters. The molecule has 150 valence electrons. The number of hydrogen-bond donors (Lipinski definition) is 1. The van der Waals surface area contributed by atoms with E-state index >= 15 is 0 Å². The van der Waals surface area contributed by atoms with Gasteiger partial charge in [0, 0.05) is 23.9 Å². The predicted molar refractivity (Wildman–Crippen MR) is 105 cm³/mol. The van der Waals surface area contributed by atoms with Gasteiger partial charge < -0.3 is 14.6 Å². The van der Waals surface area contributed by atoms with Gasteiger partial charge in [-0.1, -0.05) is 5.16 Å². The van der Waals surface area contributed by atoms with E-state index in [0.29, 0.717) is 47.7 Å². The number of carbonyl (C=O) groups is 1. The van der Waals surface area contributed by atoms with Crippen molar-refractivity contribution in [3.63, 3.8) is 0 Å². The van der Waals surface area contributed by atoms with E-state index < -0.39 is 10.0 Å². The fraction of sp³-hybridized carbons (Fsp3) is 0.444. The van der Waals surface area contributed by atoms with Gasteiger partial charge >= 0.3 is 0 Å². The van der Waals surface area contributed by atoms with Crippen molar-refractivity contribution in [2.24, 2.45) is 5.92 Å². The summed E-state index contributed by atoms with van der Waals surface area (Å²) in [6.07, 6.45) is 5.28. The molecule has 28 heavy (non-hydrogen) atoms. The molecular weight excluding hydrogens is 402 g/mol. The molecule has 8 nitrogen and oxygen atoms in total. The number of ether oxygens (including phenoxy) is 1. The summed E-state index contributed by atoms with van der Waals surface area (Å²) in [5, 5.41) is 6.79. The van der Waals surface area contributed by atoms with Crippen molar-refractivity contribution in [3.8, 4) is 0 Å². The number of morpholine rings is 1. The number of nitrogens with zero attached hydrogens (tertiary/aromatic N) is 2. The number of nitrogens with one attached hydrogen (secondary N) is 1. The number of amides is 1. The van der Waals surface area contributed by atoms with E-state index in [2.05, 4.69) is 10.5 Å². The van der Waals surface area contributed by atoms with E-state index in [9.17, 15) is 13.2 Å². The molecule has 1 aliphatic carbocycles. The average Bonchev–Trinajstić information content (AvgIpc) is 3.35. The molecule has 0 atom stereocenters. The second-order valence-electron chi connectivity index (χ2n) is 6.78. The highest BCUT2D eigenvalue weighted by Crippen LogP contribution is 2.32. The number of thiophene rings is 1. The molecule has 0 radical (unpaired) electrons. The Morgan fingerprint density at radius 1 is 1.29 bits per heavy atom. The first-order chi connectivity index (χ1) is 13.4. The number of aromatic nitrogens is 1. The largest absolute Gasteiger partial charge is 0.379 e. The first-order valence-electron chi connectivity index (χ1n) is 9.08. The van der Waals surface area contributed by atoms with Crippen molar-refractivity contribution in [1.29, 1.82) is 0 Å². The van der Waals surface area contributed by atoms with Crippen molar-refractivity contribution in [2.45, 2.75) is 24.0 Å². The summed E-state index contributed by atoms with van der Waals surface area (Å²) in [4.78, 5) is 12.8. The van der Waals surface area contributed by atoms with E-state index in [1.54, 1.807) is 31.2 Å². The third kappa shape index (κ3) is 4.04. The van der Waals surface area contributed by atoms with Gasteiger partial charge in [-0.15, -0.1) is 11.3 Å². The highest BCUT2D eigenvalue weighted by Gasteiger charge is 2.31. The maximum Gasteiger partial charge on any atom is 0.252 e. The molecular formula is C18H21N3O5S2. The van der Waals surface area contributed by atoms with Crippen molar-refractivity contribution >= 4 is 45.1 Å². The summed E-state index contributed by atoms with van der Waals surface area (Å²) in [5.41, 5.74) is 1.17. The number of carbonyl (C=O) groups excluding carboxylic acids is 1. The Labute approximate surface area is 167 Å². The van der Waals surface area contributed by atoms with Crippen molar-refractivity contribution < 1.29 is 22.5 Å².